The molecular formula is C30H23ClN2O4S2. The molecule has 4 aromatic carbocycles. The van der Waals surface area contributed by atoms with E-state index in [0.717, 1.165) is 11.1 Å². The molecule has 0 bridgehead atoms. The lowest BCUT2D eigenvalue weighted by atomic mass is 10.2. The lowest BCUT2D eigenvalue weighted by Crippen LogP contribution is -2.28. The van der Waals surface area contributed by atoms with E-state index in [0.29, 0.717) is 28.7 Å². The Morgan fingerprint density at radius 3 is 2.10 bits per heavy atom. The van der Waals surface area contributed by atoms with Crippen molar-refractivity contribution in [1.82, 2.24) is 4.90 Å². The number of hydrogen-bond donors (Lipinski definition) is 0. The first kappa shape index (κ1) is 26.7. The molecular weight excluding hydrogens is 552 g/mol. The highest BCUT2D eigenvalue weighted by atomic mass is 35.5. The van der Waals surface area contributed by atoms with Crippen LogP contribution in [0.15, 0.2) is 124 Å². The largest absolute Gasteiger partial charge is 0.377 e. The Morgan fingerprint density at radius 2 is 1.46 bits per heavy atom. The zero-order valence-corrected chi connectivity index (χ0v) is 23.0. The van der Waals surface area contributed by atoms with Gasteiger partial charge in [-0.15, -0.1) is 0 Å². The Balaban J connectivity index is 1.39. The quantitative estimate of drug-likeness (QED) is 0.171. The summed E-state index contributed by atoms with van der Waals surface area (Å²) in [5.74, 6) is -0.164. The van der Waals surface area contributed by atoms with Crippen LogP contribution in [0.1, 0.15) is 16.7 Å². The minimum atomic E-state index is -4.03. The monoisotopic (exact) mass is 574 g/mol. The van der Waals surface area contributed by atoms with Gasteiger partial charge in [0.25, 0.3) is 5.91 Å². The Labute approximate surface area is 236 Å². The molecule has 0 saturated carbocycles. The predicted molar refractivity (Wildman–Crippen MR) is 156 cm³/mol. The summed E-state index contributed by atoms with van der Waals surface area (Å²) in [7, 11) is -4.03. The third-order valence-corrected chi connectivity index (χ3v) is 8.38. The van der Waals surface area contributed by atoms with Gasteiger partial charge in [0.1, 0.15) is 4.90 Å². The van der Waals surface area contributed by atoms with Gasteiger partial charge in [0.2, 0.25) is 0 Å². The van der Waals surface area contributed by atoms with E-state index in [1.165, 1.54) is 30.0 Å². The van der Waals surface area contributed by atoms with Gasteiger partial charge in [-0.3, -0.25) is 14.7 Å². The van der Waals surface area contributed by atoms with Crippen LogP contribution in [0.5, 0.6) is 5.75 Å². The smallest absolute Gasteiger partial charge is 0.339 e. The molecule has 0 N–H and O–H groups in total. The standard InChI is InChI=1S/C30H23ClN2O4S2/c31-26-18-24(16-17-27(26)37-39(35,36)25-14-8-3-9-15-25)19-28-29(34)33(21-23-12-6-2-7-13-23)30(38-28)32-20-22-10-4-1-5-11-22/h1-19H,20-21H2/b28-19+,32-30?. The summed E-state index contributed by atoms with van der Waals surface area (Å²) in [5, 5.41) is 0.720. The number of carbonyl (C=O) groups excluding carboxylic acids is 1. The fraction of sp³-hybridized carbons (Fsp3) is 0.0667. The van der Waals surface area contributed by atoms with Crippen LogP contribution in [0, 0.1) is 0 Å². The summed E-state index contributed by atoms with van der Waals surface area (Å²) in [6, 6.07) is 32.1. The average Bonchev–Trinajstić information content (AvgIpc) is 3.24. The van der Waals surface area contributed by atoms with Gasteiger partial charge in [0, 0.05) is 0 Å². The second kappa shape index (κ2) is 11.9. The summed E-state index contributed by atoms with van der Waals surface area (Å²) < 4.78 is 30.4. The van der Waals surface area contributed by atoms with E-state index in [2.05, 4.69) is 0 Å². The van der Waals surface area contributed by atoms with Crippen molar-refractivity contribution in [3.63, 3.8) is 0 Å². The van der Waals surface area contributed by atoms with E-state index in [1.807, 2.05) is 60.7 Å². The highest BCUT2D eigenvalue weighted by molar-refractivity contribution is 8.18. The number of amidine groups is 1. The van der Waals surface area contributed by atoms with E-state index in [9.17, 15) is 13.2 Å². The third-order valence-electron chi connectivity index (χ3n) is 5.80. The Hall–Kier alpha value is -3.85. The normalized spacial score (nSPS) is 15.7. The van der Waals surface area contributed by atoms with E-state index >= 15 is 0 Å². The Morgan fingerprint density at radius 1 is 0.846 bits per heavy atom. The first-order chi connectivity index (χ1) is 18.9. The van der Waals surface area contributed by atoms with Gasteiger partial charge >= 0.3 is 10.1 Å². The summed E-state index contributed by atoms with van der Waals surface area (Å²) in [6.07, 6.45) is 1.72. The number of carbonyl (C=O) groups is 1. The molecule has 0 spiro atoms. The van der Waals surface area contributed by atoms with Crippen LogP contribution < -0.4 is 4.18 Å². The van der Waals surface area contributed by atoms with Gasteiger partial charge in [0.15, 0.2) is 10.9 Å². The van der Waals surface area contributed by atoms with Gasteiger partial charge in [-0.1, -0.05) is 96.5 Å². The van der Waals surface area contributed by atoms with Crippen molar-refractivity contribution >= 4 is 50.6 Å². The SMILES string of the molecule is O=C1/C(=C\c2ccc(OS(=O)(=O)c3ccccc3)c(Cl)c2)SC(=NCc2ccccc2)N1Cc1ccccc1. The number of benzene rings is 4. The van der Waals surface area contributed by atoms with Crippen molar-refractivity contribution < 1.29 is 17.4 Å². The number of hydrogen-bond acceptors (Lipinski definition) is 6. The molecule has 1 aliphatic heterocycles. The summed E-state index contributed by atoms with van der Waals surface area (Å²) in [5.41, 5.74) is 2.66. The first-order valence-corrected chi connectivity index (χ1v) is 14.6. The van der Waals surface area contributed by atoms with E-state index < -0.39 is 10.1 Å². The Kier molecular flexibility index (Phi) is 8.16. The zero-order valence-electron chi connectivity index (χ0n) is 20.6. The van der Waals surface area contributed by atoms with Gasteiger partial charge in [0.05, 0.1) is 23.0 Å². The second-order valence-electron chi connectivity index (χ2n) is 8.61. The number of nitrogens with zero attached hydrogens (tertiary/aromatic N) is 2. The minimum absolute atomic E-state index is 0.00360. The van der Waals surface area contributed by atoms with Crippen molar-refractivity contribution in [3.05, 3.63) is 136 Å². The van der Waals surface area contributed by atoms with Crippen molar-refractivity contribution in [2.75, 3.05) is 0 Å². The highest BCUT2D eigenvalue weighted by Crippen LogP contribution is 2.35. The van der Waals surface area contributed by atoms with Crippen molar-refractivity contribution in [2.24, 2.45) is 4.99 Å². The molecule has 0 radical (unpaired) electrons. The summed E-state index contributed by atoms with van der Waals surface area (Å²) in [6.45, 7) is 0.839. The molecule has 196 valence electrons. The lowest BCUT2D eigenvalue weighted by molar-refractivity contribution is -0.122. The van der Waals surface area contributed by atoms with Crippen LogP contribution in [0.25, 0.3) is 6.08 Å². The van der Waals surface area contributed by atoms with Crippen molar-refractivity contribution in [1.29, 1.82) is 0 Å². The average molecular weight is 575 g/mol. The summed E-state index contributed by atoms with van der Waals surface area (Å²) >= 11 is 7.68. The molecule has 9 heteroatoms. The number of aliphatic imine (C=N–C) groups is 1. The number of thioether (sulfide) groups is 1. The van der Waals surface area contributed by atoms with Crippen LogP contribution in [0.4, 0.5) is 0 Å². The van der Waals surface area contributed by atoms with Crippen molar-refractivity contribution in [3.8, 4) is 5.75 Å². The molecule has 0 atom stereocenters. The van der Waals surface area contributed by atoms with Gasteiger partial charge in [-0.2, -0.15) is 8.42 Å². The Bertz CT molecular complexity index is 1640. The van der Waals surface area contributed by atoms with Crippen LogP contribution in [-0.2, 0) is 28.0 Å². The molecule has 5 rings (SSSR count). The lowest BCUT2D eigenvalue weighted by Gasteiger charge is -2.15. The van der Waals surface area contributed by atoms with Gasteiger partial charge in [-0.25, -0.2) is 0 Å². The van der Waals surface area contributed by atoms with Gasteiger partial charge < -0.3 is 4.18 Å². The molecule has 39 heavy (non-hydrogen) atoms. The molecule has 1 amide bonds. The van der Waals surface area contributed by atoms with E-state index in [-0.39, 0.29) is 21.6 Å². The maximum atomic E-state index is 13.5. The van der Waals surface area contributed by atoms with E-state index in [4.69, 9.17) is 20.8 Å². The van der Waals surface area contributed by atoms with Gasteiger partial charge in [-0.05, 0) is 58.8 Å². The molecule has 1 aliphatic rings. The number of halogens is 1. The maximum absolute atomic E-state index is 13.5. The van der Waals surface area contributed by atoms with Crippen LogP contribution in [0.3, 0.4) is 0 Å². The third kappa shape index (κ3) is 6.60. The zero-order chi connectivity index (χ0) is 27.2. The molecule has 4 aromatic rings. The number of rotatable bonds is 8. The van der Waals surface area contributed by atoms with E-state index in [1.54, 1.807) is 41.3 Å². The van der Waals surface area contributed by atoms with Crippen molar-refractivity contribution in [2.45, 2.75) is 18.0 Å². The maximum Gasteiger partial charge on any atom is 0.339 e. The summed E-state index contributed by atoms with van der Waals surface area (Å²) in [4.78, 5) is 20.4. The van der Waals surface area contributed by atoms with Crippen LogP contribution in [-0.4, -0.2) is 24.4 Å². The minimum Gasteiger partial charge on any atom is -0.377 e. The fourth-order valence-electron chi connectivity index (χ4n) is 3.85. The fourth-order valence-corrected chi connectivity index (χ4v) is 6.07. The molecule has 0 aromatic heterocycles. The molecule has 1 heterocycles. The predicted octanol–water partition coefficient (Wildman–Crippen LogP) is 6.78. The molecule has 1 fully saturated rings. The topological polar surface area (TPSA) is 76.0 Å². The molecule has 0 unspecified atom stereocenters. The molecule has 0 aliphatic carbocycles. The van der Waals surface area contributed by atoms with Crippen LogP contribution in [0.2, 0.25) is 5.02 Å². The highest BCUT2D eigenvalue weighted by Gasteiger charge is 2.33. The second-order valence-corrected chi connectivity index (χ2v) is 11.6. The molecule has 1 saturated heterocycles. The van der Waals surface area contributed by atoms with Crippen LogP contribution >= 0.6 is 23.4 Å². The molecule has 6 nitrogen and oxygen atoms in total. The first-order valence-electron chi connectivity index (χ1n) is 12.0. The number of amides is 1.